The summed E-state index contributed by atoms with van der Waals surface area (Å²) in [5.74, 6) is -1.36. The fourth-order valence-corrected chi connectivity index (χ4v) is 1.32. The van der Waals surface area contributed by atoms with Crippen molar-refractivity contribution in [3.05, 3.63) is 41.5 Å². The summed E-state index contributed by atoms with van der Waals surface area (Å²) >= 11 is 0. The molecule has 0 aliphatic carbocycles. The Bertz CT molecular complexity index is 443. The van der Waals surface area contributed by atoms with E-state index in [4.69, 9.17) is 9.84 Å². The molecule has 90 valence electrons. The first-order valence-electron chi connectivity index (χ1n) is 5.23. The molecule has 0 spiro atoms. The summed E-state index contributed by atoms with van der Waals surface area (Å²) < 4.78 is 4.79. The molecule has 1 aromatic rings. The summed E-state index contributed by atoms with van der Waals surface area (Å²) in [5, 5.41) is 8.74. The zero-order chi connectivity index (χ0) is 12.8. The number of hydrogen-bond acceptors (Lipinski definition) is 3. The molecular weight excluding hydrogens is 220 g/mol. The average molecular weight is 234 g/mol. The number of carboxylic acid groups (broad SMARTS) is 1. The fourth-order valence-electron chi connectivity index (χ4n) is 1.32. The van der Waals surface area contributed by atoms with Crippen molar-refractivity contribution in [2.75, 3.05) is 6.61 Å². The van der Waals surface area contributed by atoms with Crippen LogP contribution in [0.5, 0.6) is 0 Å². The van der Waals surface area contributed by atoms with Gasteiger partial charge in [-0.05, 0) is 37.1 Å². The number of carbonyl (C=O) groups is 2. The van der Waals surface area contributed by atoms with Crippen molar-refractivity contribution in [2.24, 2.45) is 0 Å². The maximum absolute atomic E-state index is 11.2. The van der Waals surface area contributed by atoms with Crippen molar-refractivity contribution >= 4 is 17.5 Å². The van der Waals surface area contributed by atoms with Crippen LogP contribution >= 0.6 is 0 Å². The summed E-state index contributed by atoms with van der Waals surface area (Å²) in [5.41, 5.74) is 1.75. The van der Waals surface area contributed by atoms with E-state index in [9.17, 15) is 9.59 Å². The van der Waals surface area contributed by atoms with Crippen LogP contribution in [0.25, 0.3) is 5.57 Å². The highest BCUT2D eigenvalue weighted by molar-refractivity contribution is 5.92. The Labute approximate surface area is 99.5 Å². The molecule has 0 bridgehead atoms. The monoisotopic (exact) mass is 234 g/mol. The second kappa shape index (κ2) is 5.84. The SMILES string of the molecule is CCOC(=O)/C=C(/C)c1ccc(C(=O)O)cc1. The molecule has 0 radical (unpaired) electrons. The van der Waals surface area contributed by atoms with Crippen LogP contribution in [0.1, 0.15) is 29.8 Å². The Morgan fingerprint density at radius 1 is 1.24 bits per heavy atom. The second-order valence-electron chi connectivity index (χ2n) is 3.46. The van der Waals surface area contributed by atoms with Gasteiger partial charge in [0.05, 0.1) is 12.2 Å². The molecule has 0 aliphatic heterocycles. The van der Waals surface area contributed by atoms with Gasteiger partial charge in [-0.1, -0.05) is 12.1 Å². The minimum absolute atomic E-state index is 0.220. The predicted molar refractivity (Wildman–Crippen MR) is 63.7 cm³/mol. The van der Waals surface area contributed by atoms with Gasteiger partial charge in [0.15, 0.2) is 0 Å². The third-order valence-electron chi connectivity index (χ3n) is 2.21. The first kappa shape index (κ1) is 13.0. The number of benzene rings is 1. The highest BCUT2D eigenvalue weighted by Gasteiger charge is 2.04. The Kier molecular flexibility index (Phi) is 4.46. The molecule has 0 saturated carbocycles. The minimum atomic E-state index is -0.969. The lowest BCUT2D eigenvalue weighted by atomic mass is 10.1. The Balaban J connectivity index is 2.86. The van der Waals surface area contributed by atoms with Crippen LogP contribution < -0.4 is 0 Å². The number of hydrogen-bond donors (Lipinski definition) is 1. The maximum Gasteiger partial charge on any atom is 0.335 e. The number of rotatable bonds is 4. The molecule has 1 N–H and O–H groups in total. The van der Waals surface area contributed by atoms with E-state index < -0.39 is 11.9 Å². The fraction of sp³-hybridized carbons (Fsp3) is 0.231. The van der Waals surface area contributed by atoms with Gasteiger partial charge in [0.25, 0.3) is 0 Å². The molecule has 1 aromatic carbocycles. The van der Waals surface area contributed by atoms with E-state index in [2.05, 4.69) is 0 Å². The Morgan fingerprint density at radius 2 is 1.76 bits per heavy atom. The third-order valence-corrected chi connectivity index (χ3v) is 2.21. The summed E-state index contributed by atoms with van der Waals surface area (Å²) in [6, 6.07) is 6.32. The molecule has 0 aliphatic rings. The number of esters is 1. The van der Waals surface area contributed by atoms with Crippen LogP contribution in [0.3, 0.4) is 0 Å². The molecule has 4 nitrogen and oxygen atoms in total. The van der Waals surface area contributed by atoms with Crippen LogP contribution in [0, 0.1) is 0 Å². The number of allylic oxidation sites excluding steroid dienone is 1. The van der Waals surface area contributed by atoms with E-state index >= 15 is 0 Å². The molecule has 0 aromatic heterocycles. The Hall–Kier alpha value is -2.10. The molecule has 0 saturated heterocycles. The van der Waals surface area contributed by atoms with E-state index in [1.54, 1.807) is 26.0 Å². The topological polar surface area (TPSA) is 63.6 Å². The molecule has 1 rings (SSSR count). The lowest BCUT2D eigenvalue weighted by molar-refractivity contribution is -0.137. The number of carboxylic acids is 1. The van der Waals surface area contributed by atoms with E-state index in [1.165, 1.54) is 18.2 Å². The van der Waals surface area contributed by atoms with E-state index in [0.29, 0.717) is 6.61 Å². The van der Waals surface area contributed by atoms with Gasteiger partial charge in [-0.15, -0.1) is 0 Å². The van der Waals surface area contributed by atoms with Gasteiger partial charge in [-0.3, -0.25) is 0 Å². The van der Waals surface area contributed by atoms with Crippen molar-refractivity contribution in [3.8, 4) is 0 Å². The maximum atomic E-state index is 11.2. The van der Waals surface area contributed by atoms with Crippen LogP contribution in [-0.4, -0.2) is 23.7 Å². The molecule has 17 heavy (non-hydrogen) atoms. The summed E-state index contributed by atoms with van der Waals surface area (Å²) in [7, 11) is 0. The lowest BCUT2D eigenvalue weighted by Crippen LogP contribution is -2.00. The quantitative estimate of drug-likeness (QED) is 0.641. The van der Waals surface area contributed by atoms with Crippen LogP contribution in [-0.2, 0) is 9.53 Å². The molecular formula is C13H14O4. The number of ether oxygens (including phenoxy) is 1. The summed E-state index contributed by atoms with van der Waals surface area (Å²) in [4.78, 5) is 21.9. The number of carbonyl (C=O) groups excluding carboxylic acids is 1. The highest BCUT2D eigenvalue weighted by Crippen LogP contribution is 2.14. The van der Waals surface area contributed by atoms with Crippen LogP contribution in [0.4, 0.5) is 0 Å². The van der Waals surface area contributed by atoms with Gasteiger partial charge in [0.2, 0.25) is 0 Å². The van der Waals surface area contributed by atoms with Gasteiger partial charge in [0.1, 0.15) is 0 Å². The second-order valence-corrected chi connectivity index (χ2v) is 3.46. The zero-order valence-electron chi connectivity index (χ0n) is 9.77. The highest BCUT2D eigenvalue weighted by atomic mass is 16.5. The van der Waals surface area contributed by atoms with E-state index in [1.807, 2.05) is 0 Å². The molecule has 0 fully saturated rings. The molecule has 0 heterocycles. The van der Waals surface area contributed by atoms with Crippen molar-refractivity contribution in [2.45, 2.75) is 13.8 Å². The molecule has 4 heteroatoms. The predicted octanol–water partition coefficient (Wildman–Crippen LogP) is 2.35. The van der Waals surface area contributed by atoms with Gasteiger partial charge in [-0.25, -0.2) is 9.59 Å². The third kappa shape index (κ3) is 3.75. The zero-order valence-corrected chi connectivity index (χ0v) is 9.77. The first-order valence-corrected chi connectivity index (χ1v) is 5.23. The average Bonchev–Trinajstić information content (AvgIpc) is 2.29. The summed E-state index contributed by atoms with van der Waals surface area (Å²) in [6.45, 7) is 3.84. The van der Waals surface area contributed by atoms with E-state index in [0.717, 1.165) is 11.1 Å². The normalized spacial score (nSPS) is 11.1. The minimum Gasteiger partial charge on any atom is -0.478 e. The van der Waals surface area contributed by atoms with Gasteiger partial charge < -0.3 is 9.84 Å². The Morgan fingerprint density at radius 3 is 2.24 bits per heavy atom. The molecule has 0 amide bonds. The largest absolute Gasteiger partial charge is 0.478 e. The molecule has 0 unspecified atom stereocenters. The standard InChI is InChI=1S/C13H14O4/c1-3-17-12(14)8-9(2)10-4-6-11(7-5-10)13(15)16/h4-8H,3H2,1-2H3,(H,15,16)/b9-8-. The first-order chi connectivity index (χ1) is 8.04. The van der Waals surface area contributed by atoms with Gasteiger partial charge >= 0.3 is 11.9 Å². The van der Waals surface area contributed by atoms with E-state index in [-0.39, 0.29) is 5.56 Å². The van der Waals surface area contributed by atoms with Crippen LogP contribution in [0.2, 0.25) is 0 Å². The lowest BCUT2D eigenvalue weighted by Gasteiger charge is -2.02. The van der Waals surface area contributed by atoms with Crippen molar-refractivity contribution in [1.29, 1.82) is 0 Å². The van der Waals surface area contributed by atoms with Crippen LogP contribution in [0.15, 0.2) is 30.3 Å². The smallest absolute Gasteiger partial charge is 0.335 e. The summed E-state index contributed by atoms with van der Waals surface area (Å²) in [6.07, 6.45) is 1.39. The van der Waals surface area contributed by atoms with Crippen molar-refractivity contribution < 1.29 is 19.4 Å². The van der Waals surface area contributed by atoms with Crippen molar-refractivity contribution in [3.63, 3.8) is 0 Å². The molecule has 0 atom stereocenters. The number of aromatic carboxylic acids is 1. The van der Waals surface area contributed by atoms with Crippen molar-refractivity contribution in [1.82, 2.24) is 0 Å². The van der Waals surface area contributed by atoms with Gasteiger partial charge in [-0.2, -0.15) is 0 Å². The van der Waals surface area contributed by atoms with Gasteiger partial charge in [0, 0.05) is 6.08 Å².